The second-order valence-electron chi connectivity index (χ2n) is 3.41. The van der Waals surface area contributed by atoms with Gasteiger partial charge in [-0.1, -0.05) is 0 Å². The number of hydrogen-bond donors (Lipinski definition) is 1. The highest BCUT2D eigenvalue weighted by Crippen LogP contribution is 1.92. The third-order valence-corrected chi connectivity index (χ3v) is 3.39. The fourth-order valence-electron chi connectivity index (χ4n) is 0.940. The molecule has 0 radical (unpaired) electrons. The topological polar surface area (TPSA) is 49.4 Å². The van der Waals surface area contributed by atoms with Crippen molar-refractivity contribution in [2.45, 2.75) is 12.8 Å². The zero-order valence-corrected chi connectivity index (χ0v) is 10.4. The lowest BCUT2D eigenvalue weighted by atomic mass is 10.4. The van der Waals surface area contributed by atoms with Crippen LogP contribution in [0.25, 0.3) is 0 Å². The SMILES string of the molecule is CN(C)CCCNS(=O)(=O)CCCCl. The van der Waals surface area contributed by atoms with Crippen molar-refractivity contribution in [1.82, 2.24) is 9.62 Å². The van der Waals surface area contributed by atoms with E-state index >= 15 is 0 Å². The molecular weight excluding hydrogens is 224 g/mol. The molecule has 14 heavy (non-hydrogen) atoms. The van der Waals surface area contributed by atoms with Crippen LogP contribution in [-0.2, 0) is 10.0 Å². The lowest BCUT2D eigenvalue weighted by Gasteiger charge is -2.09. The Labute approximate surface area is 91.7 Å². The maximum absolute atomic E-state index is 11.3. The summed E-state index contributed by atoms with van der Waals surface area (Å²) in [6, 6.07) is 0. The largest absolute Gasteiger partial charge is 0.309 e. The Hall–Kier alpha value is 0.160. The third-order valence-electron chi connectivity index (χ3n) is 1.65. The number of rotatable bonds is 8. The highest BCUT2D eigenvalue weighted by atomic mass is 35.5. The van der Waals surface area contributed by atoms with E-state index in [1.807, 2.05) is 19.0 Å². The molecule has 0 aliphatic carbocycles. The summed E-state index contributed by atoms with van der Waals surface area (Å²) in [5.41, 5.74) is 0. The smallest absolute Gasteiger partial charge is 0.211 e. The summed E-state index contributed by atoms with van der Waals surface area (Å²) in [4.78, 5) is 2.02. The van der Waals surface area contributed by atoms with Crippen LogP contribution in [0.1, 0.15) is 12.8 Å². The van der Waals surface area contributed by atoms with Gasteiger partial charge >= 0.3 is 0 Å². The van der Waals surface area contributed by atoms with E-state index in [-0.39, 0.29) is 5.75 Å². The quantitative estimate of drug-likeness (QED) is 0.498. The Morgan fingerprint density at radius 2 is 1.93 bits per heavy atom. The van der Waals surface area contributed by atoms with E-state index in [1.54, 1.807) is 0 Å². The molecule has 0 aromatic heterocycles. The van der Waals surface area contributed by atoms with E-state index in [0.29, 0.717) is 18.8 Å². The highest BCUT2D eigenvalue weighted by molar-refractivity contribution is 7.89. The number of alkyl halides is 1. The minimum atomic E-state index is -3.09. The van der Waals surface area contributed by atoms with Gasteiger partial charge in [0.05, 0.1) is 5.75 Å². The van der Waals surface area contributed by atoms with Crippen LogP contribution in [0.4, 0.5) is 0 Å². The zero-order chi connectivity index (χ0) is 11.0. The summed E-state index contributed by atoms with van der Waals surface area (Å²) in [6.45, 7) is 1.39. The molecule has 86 valence electrons. The van der Waals surface area contributed by atoms with Gasteiger partial charge < -0.3 is 4.90 Å². The molecule has 0 saturated carbocycles. The van der Waals surface area contributed by atoms with Crippen molar-refractivity contribution in [3.8, 4) is 0 Å². The number of sulfonamides is 1. The first-order chi connectivity index (χ1) is 6.48. The van der Waals surface area contributed by atoms with Crippen LogP contribution in [0.5, 0.6) is 0 Å². The van der Waals surface area contributed by atoms with Gasteiger partial charge in [0.25, 0.3) is 0 Å². The van der Waals surface area contributed by atoms with Crippen LogP contribution < -0.4 is 4.72 Å². The van der Waals surface area contributed by atoms with Gasteiger partial charge in [-0.2, -0.15) is 0 Å². The number of halogens is 1. The van der Waals surface area contributed by atoms with Crippen molar-refractivity contribution in [3.63, 3.8) is 0 Å². The second kappa shape index (κ2) is 7.45. The highest BCUT2D eigenvalue weighted by Gasteiger charge is 2.07. The molecule has 0 aromatic rings. The third kappa shape index (κ3) is 8.74. The fraction of sp³-hybridized carbons (Fsp3) is 1.00. The molecule has 0 aliphatic rings. The van der Waals surface area contributed by atoms with Crippen LogP contribution in [0.2, 0.25) is 0 Å². The molecule has 0 atom stereocenters. The maximum Gasteiger partial charge on any atom is 0.211 e. The second-order valence-corrected chi connectivity index (χ2v) is 5.72. The van der Waals surface area contributed by atoms with Gasteiger partial charge in [0.1, 0.15) is 0 Å². The molecular formula is C8H19ClN2O2S. The molecule has 0 fully saturated rings. The van der Waals surface area contributed by atoms with E-state index in [1.165, 1.54) is 0 Å². The van der Waals surface area contributed by atoms with Crippen LogP contribution in [0.3, 0.4) is 0 Å². The maximum atomic E-state index is 11.3. The first-order valence-corrected chi connectivity index (χ1v) is 6.84. The first-order valence-electron chi connectivity index (χ1n) is 4.66. The van der Waals surface area contributed by atoms with Crippen molar-refractivity contribution in [2.24, 2.45) is 0 Å². The fourth-order valence-corrected chi connectivity index (χ4v) is 2.36. The zero-order valence-electron chi connectivity index (χ0n) is 8.79. The number of nitrogens with one attached hydrogen (secondary N) is 1. The van der Waals surface area contributed by atoms with Crippen LogP contribution in [-0.4, -0.2) is 52.1 Å². The molecule has 0 spiro atoms. The standard InChI is InChI=1S/C8H19ClN2O2S/c1-11(2)7-4-6-10-14(12,13)8-3-5-9/h10H,3-8H2,1-2H3. The van der Waals surface area contributed by atoms with E-state index < -0.39 is 10.0 Å². The number of nitrogens with zero attached hydrogens (tertiary/aromatic N) is 1. The summed E-state index contributed by atoms with van der Waals surface area (Å²) in [6.07, 6.45) is 1.33. The van der Waals surface area contributed by atoms with Gasteiger partial charge in [0.2, 0.25) is 10.0 Å². The summed E-state index contributed by atoms with van der Waals surface area (Å²) >= 11 is 5.41. The van der Waals surface area contributed by atoms with Crippen molar-refractivity contribution in [1.29, 1.82) is 0 Å². The Kier molecular flexibility index (Phi) is 7.54. The van der Waals surface area contributed by atoms with Gasteiger partial charge in [-0.3, -0.25) is 0 Å². The molecule has 0 aromatic carbocycles. The molecule has 0 unspecified atom stereocenters. The average molecular weight is 243 g/mol. The van der Waals surface area contributed by atoms with Crippen molar-refractivity contribution in [2.75, 3.05) is 38.8 Å². The summed E-state index contributed by atoms with van der Waals surface area (Å²) in [5.74, 6) is 0.511. The lowest BCUT2D eigenvalue weighted by molar-refractivity contribution is 0.400. The van der Waals surface area contributed by atoms with Crippen LogP contribution in [0.15, 0.2) is 0 Å². The van der Waals surface area contributed by atoms with Gasteiger partial charge in [0.15, 0.2) is 0 Å². The van der Waals surface area contributed by atoms with Crippen LogP contribution >= 0.6 is 11.6 Å². The molecule has 0 rings (SSSR count). The minimum Gasteiger partial charge on any atom is -0.309 e. The van der Waals surface area contributed by atoms with E-state index in [2.05, 4.69) is 4.72 Å². The Morgan fingerprint density at radius 1 is 1.29 bits per heavy atom. The van der Waals surface area contributed by atoms with E-state index in [9.17, 15) is 8.42 Å². The molecule has 0 bridgehead atoms. The molecule has 0 heterocycles. The lowest BCUT2D eigenvalue weighted by Crippen LogP contribution is -2.29. The summed E-state index contributed by atoms with van der Waals surface area (Å²) in [5, 5.41) is 0. The normalized spacial score (nSPS) is 12.3. The number of hydrogen-bond acceptors (Lipinski definition) is 3. The molecule has 0 aliphatic heterocycles. The minimum absolute atomic E-state index is 0.123. The summed E-state index contributed by atoms with van der Waals surface area (Å²) < 4.78 is 25.0. The predicted octanol–water partition coefficient (Wildman–Crippen LogP) is 0.486. The predicted molar refractivity (Wildman–Crippen MR) is 60.3 cm³/mol. The molecule has 6 heteroatoms. The van der Waals surface area contributed by atoms with Gasteiger partial charge in [-0.15, -0.1) is 11.6 Å². The molecule has 1 N–H and O–H groups in total. The van der Waals surface area contributed by atoms with Gasteiger partial charge in [-0.05, 0) is 33.5 Å². The van der Waals surface area contributed by atoms with E-state index in [4.69, 9.17) is 11.6 Å². The average Bonchev–Trinajstić information content (AvgIpc) is 2.09. The van der Waals surface area contributed by atoms with Crippen molar-refractivity contribution in [3.05, 3.63) is 0 Å². The summed E-state index contributed by atoms with van der Waals surface area (Å²) in [7, 11) is 0.826. The molecule has 4 nitrogen and oxygen atoms in total. The Bertz CT molecular complexity index is 229. The first kappa shape index (κ1) is 14.2. The van der Waals surface area contributed by atoms with Gasteiger partial charge in [-0.25, -0.2) is 13.1 Å². The Balaban J connectivity index is 3.56. The monoisotopic (exact) mass is 242 g/mol. The van der Waals surface area contributed by atoms with Crippen LogP contribution in [0, 0.1) is 0 Å². The molecule has 0 saturated heterocycles. The molecule has 0 amide bonds. The Morgan fingerprint density at radius 3 is 2.43 bits per heavy atom. The van der Waals surface area contributed by atoms with Crippen molar-refractivity contribution < 1.29 is 8.42 Å². The van der Waals surface area contributed by atoms with E-state index in [0.717, 1.165) is 13.0 Å². The van der Waals surface area contributed by atoms with Crippen molar-refractivity contribution >= 4 is 21.6 Å². The van der Waals surface area contributed by atoms with Gasteiger partial charge in [0, 0.05) is 12.4 Å².